The fourth-order valence-electron chi connectivity index (χ4n) is 6.87. The van der Waals surface area contributed by atoms with Crippen LogP contribution in [0.25, 0.3) is 56.0 Å². The van der Waals surface area contributed by atoms with E-state index in [9.17, 15) is 0 Å². The van der Waals surface area contributed by atoms with Gasteiger partial charge in [-0.15, -0.1) is 0 Å². The van der Waals surface area contributed by atoms with Crippen LogP contribution >= 0.6 is 0 Å². The zero-order valence-corrected chi connectivity index (χ0v) is 27.1. The highest BCUT2D eigenvalue weighted by atomic mass is 15.1. The predicted octanol–water partition coefficient (Wildman–Crippen LogP) is 10.7. The molecule has 0 heterocycles. The Morgan fingerprint density at radius 1 is 0.478 bits per heavy atom. The Morgan fingerprint density at radius 3 is 1.76 bits per heavy atom. The highest BCUT2D eigenvalue weighted by Gasteiger charge is 2.12. The van der Waals surface area contributed by atoms with Gasteiger partial charge in [0.25, 0.3) is 0 Å². The molecule has 0 saturated heterocycles. The first kappa shape index (κ1) is 29.3. The van der Waals surface area contributed by atoms with Gasteiger partial charge >= 0.3 is 0 Å². The first-order valence-electron chi connectivity index (χ1n) is 16.2. The third-order valence-corrected chi connectivity index (χ3v) is 9.28. The summed E-state index contributed by atoms with van der Waals surface area (Å²) in [5.41, 5.74) is 11.2. The number of benzene rings is 7. The molecular formula is C45H39N. The lowest BCUT2D eigenvalue weighted by atomic mass is 9.93. The summed E-state index contributed by atoms with van der Waals surface area (Å²) < 4.78 is 0. The predicted molar refractivity (Wildman–Crippen MR) is 200 cm³/mol. The number of hydrogen-bond acceptors (Lipinski definition) is 1. The molecule has 0 saturated carbocycles. The minimum atomic E-state index is 0.744. The van der Waals surface area contributed by atoms with Gasteiger partial charge in [0.15, 0.2) is 0 Å². The fraction of sp³-hybridized carbons (Fsp3) is 0.111. The second kappa shape index (κ2) is 12.5. The van der Waals surface area contributed by atoms with Crippen LogP contribution in [0, 0.1) is 20.8 Å². The summed E-state index contributed by atoms with van der Waals surface area (Å²) in [7, 11) is 0. The Labute approximate surface area is 272 Å². The molecule has 7 rings (SSSR count). The van der Waals surface area contributed by atoms with Crippen LogP contribution in [0.3, 0.4) is 0 Å². The molecule has 0 aliphatic rings. The highest BCUT2D eigenvalue weighted by Crippen LogP contribution is 2.33. The van der Waals surface area contributed by atoms with Gasteiger partial charge in [0.1, 0.15) is 0 Å². The summed E-state index contributed by atoms with van der Waals surface area (Å²) in [5, 5.41) is 7.76. The molecule has 46 heavy (non-hydrogen) atoms. The van der Waals surface area contributed by atoms with E-state index in [1.807, 2.05) is 0 Å². The van der Waals surface area contributed by atoms with E-state index in [0.717, 1.165) is 6.54 Å². The standard InChI is InChI=1S/C45H39N/c1-5-38-40-17-8-9-18-41(40)42-19-10-11-20-43(42)44(38)27-28-46(37-15-12-13-31(2)29-37)36-25-23-34(24-26-36)35-22-21-33(4)45(30-35)39-16-7-6-14-32(39)3/h5-27,29-30H,28H2,1-4H3/b38-5-,44-27+. The monoisotopic (exact) mass is 593 g/mol. The van der Waals surface area contributed by atoms with E-state index in [1.54, 1.807) is 0 Å². The van der Waals surface area contributed by atoms with Crippen molar-refractivity contribution in [2.24, 2.45) is 0 Å². The summed E-state index contributed by atoms with van der Waals surface area (Å²) in [5.74, 6) is 0. The van der Waals surface area contributed by atoms with Crippen molar-refractivity contribution in [2.75, 3.05) is 11.4 Å². The smallest absolute Gasteiger partial charge is 0.0421 e. The van der Waals surface area contributed by atoms with Crippen molar-refractivity contribution in [3.63, 3.8) is 0 Å². The maximum absolute atomic E-state index is 2.42. The molecule has 0 fully saturated rings. The lowest BCUT2D eigenvalue weighted by Crippen LogP contribution is -2.29. The molecule has 0 aliphatic carbocycles. The van der Waals surface area contributed by atoms with Crippen molar-refractivity contribution >= 4 is 45.1 Å². The van der Waals surface area contributed by atoms with Crippen molar-refractivity contribution in [2.45, 2.75) is 27.7 Å². The number of nitrogens with zero attached hydrogens (tertiary/aromatic N) is 1. The molecule has 0 aromatic heterocycles. The van der Waals surface area contributed by atoms with Gasteiger partial charge in [0.05, 0.1) is 0 Å². The minimum Gasteiger partial charge on any atom is -0.338 e. The summed E-state index contributed by atoms with van der Waals surface area (Å²) in [6.45, 7) is 9.45. The van der Waals surface area contributed by atoms with Gasteiger partial charge in [-0.1, -0.05) is 121 Å². The van der Waals surface area contributed by atoms with Crippen LogP contribution in [-0.4, -0.2) is 6.54 Å². The Kier molecular flexibility index (Phi) is 7.99. The minimum absolute atomic E-state index is 0.744. The van der Waals surface area contributed by atoms with E-state index >= 15 is 0 Å². The quantitative estimate of drug-likeness (QED) is 0.173. The highest BCUT2D eigenvalue weighted by molar-refractivity contribution is 6.08. The van der Waals surface area contributed by atoms with Crippen LogP contribution in [-0.2, 0) is 0 Å². The molecule has 1 nitrogen and oxygen atoms in total. The molecule has 0 bridgehead atoms. The number of aryl methyl sites for hydroxylation is 3. The molecule has 1 heteroatoms. The molecular weight excluding hydrogens is 555 g/mol. The van der Waals surface area contributed by atoms with Gasteiger partial charge < -0.3 is 4.90 Å². The summed E-state index contributed by atoms with van der Waals surface area (Å²) in [6, 6.07) is 51.0. The Hall–Kier alpha value is -5.40. The van der Waals surface area contributed by atoms with Crippen molar-refractivity contribution in [1.29, 1.82) is 0 Å². The van der Waals surface area contributed by atoms with E-state index in [0.29, 0.717) is 0 Å². The Bertz CT molecular complexity index is 2330. The van der Waals surface area contributed by atoms with Gasteiger partial charge in [-0.25, -0.2) is 0 Å². The van der Waals surface area contributed by atoms with Gasteiger partial charge in [-0.2, -0.15) is 0 Å². The molecule has 0 radical (unpaired) electrons. The topological polar surface area (TPSA) is 3.24 Å². The van der Waals surface area contributed by atoms with E-state index < -0.39 is 0 Å². The van der Waals surface area contributed by atoms with Crippen molar-refractivity contribution in [1.82, 2.24) is 0 Å². The van der Waals surface area contributed by atoms with Gasteiger partial charge in [-0.05, 0) is 129 Å². The van der Waals surface area contributed by atoms with Crippen molar-refractivity contribution in [3.8, 4) is 22.3 Å². The summed E-state index contributed by atoms with van der Waals surface area (Å²) in [6.07, 6.45) is 4.67. The average molecular weight is 594 g/mol. The molecule has 7 aromatic rings. The van der Waals surface area contributed by atoms with Gasteiger partial charge in [-0.3, -0.25) is 0 Å². The van der Waals surface area contributed by atoms with Crippen LogP contribution in [0.5, 0.6) is 0 Å². The number of hydrogen-bond donors (Lipinski definition) is 0. The van der Waals surface area contributed by atoms with Crippen LogP contribution in [0.1, 0.15) is 23.6 Å². The maximum Gasteiger partial charge on any atom is 0.0421 e. The third-order valence-electron chi connectivity index (χ3n) is 9.28. The lowest BCUT2D eigenvalue weighted by molar-refractivity contribution is 1.12. The molecule has 0 atom stereocenters. The maximum atomic E-state index is 2.42. The lowest BCUT2D eigenvalue weighted by Gasteiger charge is -2.25. The van der Waals surface area contributed by atoms with Crippen molar-refractivity contribution in [3.05, 3.63) is 167 Å². The molecule has 0 N–H and O–H groups in total. The molecule has 0 amide bonds. The number of rotatable bonds is 6. The molecule has 224 valence electrons. The van der Waals surface area contributed by atoms with Gasteiger partial charge in [0, 0.05) is 17.9 Å². The second-order valence-electron chi connectivity index (χ2n) is 12.3. The molecule has 0 unspecified atom stereocenters. The third kappa shape index (κ3) is 5.50. The Balaban J connectivity index is 1.32. The fourth-order valence-corrected chi connectivity index (χ4v) is 6.87. The summed E-state index contributed by atoms with van der Waals surface area (Å²) in [4.78, 5) is 2.42. The van der Waals surface area contributed by atoms with E-state index in [-0.39, 0.29) is 0 Å². The van der Waals surface area contributed by atoms with Crippen LogP contribution in [0.15, 0.2) is 140 Å². The van der Waals surface area contributed by atoms with Crippen molar-refractivity contribution < 1.29 is 0 Å². The zero-order valence-electron chi connectivity index (χ0n) is 27.1. The molecule has 7 aromatic carbocycles. The number of fused-ring (bicyclic) bond motifs is 3. The second-order valence-corrected chi connectivity index (χ2v) is 12.3. The Morgan fingerprint density at radius 2 is 1.09 bits per heavy atom. The first-order chi connectivity index (χ1) is 22.5. The van der Waals surface area contributed by atoms with E-state index in [4.69, 9.17) is 0 Å². The largest absolute Gasteiger partial charge is 0.338 e. The van der Waals surface area contributed by atoms with Gasteiger partial charge in [0.2, 0.25) is 0 Å². The van der Waals surface area contributed by atoms with Crippen LogP contribution < -0.4 is 15.3 Å². The SMILES string of the molecule is C/C=c1\c(=C/CN(c2ccc(-c3ccc(C)c(-c4ccccc4C)c3)cc2)c2cccc(C)c2)c2ccccc2c2ccccc12. The van der Waals surface area contributed by atoms with E-state index in [2.05, 4.69) is 184 Å². The normalized spacial score (nSPS) is 12.3. The van der Waals surface area contributed by atoms with Crippen LogP contribution in [0.2, 0.25) is 0 Å². The first-order valence-corrected chi connectivity index (χ1v) is 16.2. The number of anilines is 2. The average Bonchev–Trinajstić information content (AvgIpc) is 3.09. The zero-order chi connectivity index (χ0) is 31.6. The summed E-state index contributed by atoms with van der Waals surface area (Å²) >= 11 is 0. The molecule has 0 spiro atoms. The van der Waals surface area contributed by atoms with Crippen LogP contribution in [0.4, 0.5) is 11.4 Å². The van der Waals surface area contributed by atoms with E-state index in [1.165, 1.54) is 82.3 Å². The molecule has 0 aliphatic heterocycles.